The molecule has 0 aromatic heterocycles. The highest BCUT2D eigenvalue weighted by Gasteiger charge is 2.19. The molecule has 1 nitrogen and oxygen atoms in total. The maximum atomic E-state index is 13.6. The van der Waals surface area contributed by atoms with Gasteiger partial charge in [-0.1, -0.05) is 0 Å². The Hall–Kier alpha value is -0.420. The van der Waals surface area contributed by atoms with Gasteiger partial charge >= 0.3 is 0 Å². The molecule has 0 aliphatic heterocycles. The molecule has 0 spiro atoms. The number of benzene rings is 1. The van der Waals surface area contributed by atoms with E-state index < -0.39 is 11.6 Å². The fraction of sp³-hybridized carbons (Fsp3) is 0.417. The van der Waals surface area contributed by atoms with Gasteiger partial charge in [-0.3, -0.25) is 0 Å². The fourth-order valence-corrected chi connectivity index (χ4v) is 2.01. The molecule has 0 bridgehead atoms. The third kappa shape index (κ3) is 4.39. The summed E-state index contributed by atoms with van der Waals surface area (Å²) in [5, 5.41) is 0. The third-order valence-electron chi connectivity index (χ3n) is 1.92. The van der Waals surface area contributed by atoms with Crippen LogP contribution in [0, 0.1) is 11.6 Å². The molecule has 5 heteroatoms. The van der Waals surface area contributed by atoms with Crippen LogP contribution in [-0.4, -0.2) is 10.5 Å². The van der Waals surface area contributed by atoms with Gasteiger partial charge in [-0.2, -0.15) is 4.40 Å². The van der Waals surface area contributed by atoms with Crippen molar-refractivity contribution in [1.82, 2.24) is 0 Å². The summed E-state index contributed by atoms with van der Waals surface area (Å²) in [6.07, 6.45) is 0. The second kappa shape index (κ2) is 5.48. The normalized spacial score (nSPS) is 13.0. The minimum atomic E-state index is -0.595. The van der Waals surface area contributed by atoms with Crippen molar-refractivity contribution in [2.45, 2.75) is 32.4 Å². The van der Waals surface area contributed by atoms with E-state index in [0.717, 1.165) is 6.07 Å². The van der Waals surface area contributed by atoms with E-state index in [2.05, 4.69) is 41.1 Å². The molecule has 0 aliphatic carbocycles. The summed E-state index contributed by atoms with van der Waals surface area (Å²) in [5.74, 6) is -1.16. The van der Waals surface area contributed by atoms with E-state index in [-0.39, 0.29) is 9.22 Å². The monoisotopic (exact) mass is 322 g/mol. The van der Waals surface area contributed by atoms with E-state index in [1.54, 1.807) is 6.92 Å². The molecule has 0 heterocycles. The smallest absolute Gasteiger partial charge is 0.194 e. The molecule has 1 rings (SSSR count). The second-order valence-electron chi connectivity index (χ2n) is 4.69. The summed E-state index contributed by atoms with van der Waals surface area (Å²) in [5.41, 5.74) is 1.04. The van der Waals surface area contributed by atoms with Crippen molar-refractivity contribution in [3.05, 3.63) is 33.8 Å². The van der Waals surface area contributed by atoms with Crippen LogP contribution in [-0.2, 0) is 0 Å². The van der Waals surface area contributed by atoms with Crippen LogP contribution >= 0.6 is 27.9 Å². The molecule has 0 saturated heterocycles. The van der Waals surface area contributed by atoms with E-state index in [1.165, 1.54) is 18.0 Å². The van der Waals surface area contributed by atoms with Crippen molar-refractivity contribution < 1.29 is 13.2 Å². The lowest BCUT2D eigenvalue weighted by molar-refractivity contribution is -0.246. The molecule has 0 saturated carbocycles. The van der Waals surface area contributed by atoms with Gasteiger partial charge in [-0.25, -0.2) is 8.78 Å². The van der Waals surface area contributed by atoms with Crippen molar-refractivity contribution in [3.63, 3.8) is 0 Å². The van der Waals surface area contributed by atoms with Crippen LogP contribution in [0.1, 0.15) is 33.3 Å². The Kier molecular flexibility index (Phi) is 4.72. The van der Waals surface area contributed by atoms with Gasteiger partial charge in [0, 0.05) is 13.0 Å². The summed E-state index contributed by atoms with van der Waals surface area (Å²) in [7, 11) is 0. The van der Waals surface area contributed by atoms with E-state index >= 15 is 0 Å². The second-order valence-corrected chi connectivity index (χ2v) is 7.17. The van der Waals surface area contributed by atoms with Crippen LogP contribution in [0.2, 0.25) is 0 Å². The molecule has 0 unspecified atom stereocenters. The Morgan fingerprint density at radius 2 is 1.82 bits per heavy atom. The Balaban J connectivity index is 3.04. The highest BCUT2D eigenvalue weighted by Crippen LogP contribution is 2.20. The molecular weight excluding hydrogens is 308 g/mol. The minimum absolute atomic E-state index is 0.0228. The zero-order chi connectivity index (χ0) is 13.2. The first-order valence-electron chi connectivity index (χ1n) is 5.13. The van der Waals surface area contributed by atoms with E-state index in [4.69, 9.17) is 0 Å². The quantitative estimate of drug-likeness (QED) is 0.502. The third-order valence-corrected chi connectivity index (χ3v) is 3.55. The van der Waals surface area contributed by atoms with E-state index in [9.17, 15) is 8.78 Å². The number of nitrogens with one attached hydrogen (secondary N) is 1. The number of hydrogen-bond donors (Lipinski definition) is 1. The Bertz CT molecular complexity index is 453. The zero-order valence-electron chi connectivity index (χ0n) is 10.2. The first-order valence-corrected chi connectivity index (χ1v) is 6.74. The minimum Gasteiger partial charge on any atom is -0.206 e. The van der Waals surface area contributed by atoms with Crippen LogP contribution < -0.4 is 4.40 Å². The van der Waals surface area contributed by atoms with Crippen LogP contribution in [0.15, 0.2) is 16.6 Å². The van der Waals surface area contributed by atoms with Crippen molar-refractivity contribution in [1.29, 1.82) is 0 Å². The van der Waals surface area contributed by atoms with Crippen LogP contribution in [0.5, 0.6) is 0 Å². The molecule has 1 N–H and O–H groups in total. The van der Waals surface area contributed by atoms with Gasteiger partial charge in [0.1, 0.15) is 11.6 Å². The lowest BCUT2D eigenvalue weighted by Crippen LogP contribution is -2.66. The summed E-state index contributed by atoms with van der Waals surface area (Å²) in [6.45, 7) is 7.92. The lowest BCUT2D eigenvalue weighted by Gasteiger charge is -2.08. The number of halogens is 3. The van der Waals surface area contributed by atoms with Gasteiger partial charge in [0.15, 0.2) is 17.7 Å². The van der Waals surface area contributed by atoms with Gasteiger partial charge in [0.2, 0.25) is 0 Å². The van der Waals surface area contributed by atoms with Crippen molar-refractivity contribution in [3.8, 4) is 0 Å². The summed E-state index contributed by atoms with van der Waals surface area (Å²) < 4.78 is 30.0. The molecule has 1 aromatic carbocycles. The van der Waals surface area contributed by atoms with Gasteiger partial charge in [0.05, 0.1) is 14.8 Å². The van der Waals surface area contributed by atoms with Crippen LogP contribution in [0.3, 0.4) is 0 Å². The zero-order valence-corrected chi connectivity index (χ0v) is 12.6. The molecular formula is C12H15BrF2NS+. The van der Waals surface area contributed by atoms with Crippen molar-refractivity contribution in [2.75, 3.05) is 0 Å². The highest BCUT2D eigenvalue weighted by atomic mass is 79.9. The molecule has 17 heavy (non-hydrogen) atoms. The van der Waals surface area contributed by atoms with Gasteiger partial charge in [0.25, 0.3) is 0 Å². The van der Waals surface area contributed by atoms with E-state index in [0.29, 0.717) is 11.3 Å². The summed E-state index contributed by atoms with van der Waals surface area (Å²) in [6, 6.07) is 2.32. The Morgan fingerprint density at radius 1 is 1.24 bits per heavy atom. The molecule has 0 amide bonds. The van der Waals surface area contributed by atoms with Crippen LogP contribution in [0.25, 0.3) is 0 Å². The van der Waals surface area contributed by atoms with Gasteiger partial charge < -0.3 is 0 Å². The van der Waals surface area contributed by atoms with E-state index in [1.807, 2.05) is 0 Å². The van der Waals surface area contributed by atoms with Crippen LogP contribution in [0.4, 0.5) is 8.78 Å². The Morgan fingerprint density at radius 3 is 2.35 bits per heavy atom. The molecule has 94 valence electrons. The predicted molar refractivity (Wildman–Crippen MR) is 72.1 cm³/mol. The molecule has 0 atom stereocenters. The average molecular weight is 323 g/mol. The molecule has 0 aliphatic rings. The van der Waals surface area contributed by atoms with Crippen molar-refractivity contribution in [2.24, 2.45) is 0 Å². The number of hydrogen-bond acceptors (Lipinski definition) is 1. The Labute approximate surface area is 113 Å². The molecule has 1 aromatic rings. The topological polar surface area (TPSA) is 14.0 Å². The highest BCUT2D eigenvalue weighted by molar-refractivity contribution is 9.10. The van der Waals surface area contributed by atoms with Gasteiger partial charge in [-0.15, -0.1) is 0 Å². The SMILES string of the molecule is CC(=[NH+]SC(C)(C)C)c1cc(Br)c(F)cc1F. The first kappa shape index (κ1) is 14.6. The largest absolute Gasteiger partial charge is 0.206 e. The first-order chi connectivity index (χ1) is 7.70. The summed E-state index contributed by atoms with van der Waals surface area (Å²) in [4.78, 5) is 0. The maximum absolute atomic E-state index is 13.6. The molecule has 0 fully saturated rings. The maximum Gasteiger partial charge on any atom is 0.194 e. The lowest BCUT2D eigenvalue weighted by atomic mass is 10.1. The van der Waals surface area contributed by atoms with Gasteiger partial charge in [-0.05, 0) is 42.8 Å². The standard InChI is InChI=1S/C12H14BrF2NS/c1-7(16-17-12(2,3)4)8-5-9(13)11(15)6-10(8)14/h5-6H,1-4H3/p+1. The summed E-state index contributed by atoms with van der Waals surface area (Å²) >= 11 is 4.54. The van der Waals surface area contributed by atoms with Crippen molar-refractivity contribution >= 4 is 33.6 Å². The average Bonchev–Trinajstić information content (AvgIpc) is 2.19. The predicted octanol–water partition coefficient (Wildman–Crippen LogP) is 3.06. The fourth-order valence-electron chi connectivity index (χ4n) is 1.09. The molecule has 0 radical (unpaired) electrons. The number of rotatable bonds is 2.